The summed E-state index contributed by atoms with van der Waals surface area (Å²) in [6.07, 6.45) is 3.12. The zero-order chi connectivity index (χ0) is 13.0. The minimum Gasteiger partial charge on any atom is -0.381 e. The van der Waals surface area contributed by atoms with Gasteiger partial charge in [0.05, 0.1) is 0 Å². The zero-order valence-electron chi connectivity index (χ0n) is 10.6. The topological polar surface area (TPSA) is 21.3 Å². The van der Waals surface area contributed by atoms with Crippen molar-refractivity contribution in [2.45, 2.75) is 25.3 Å². The molecular weight excluding hydrogens is 297 g/mol. The first-order valence-electron chi connectivity index (χ1n) is 6.40. The number of hydrogen-bond donors (Lipinski definition) is 1. The summed E-state index contributed by atoms with van der Waals surface area (Å²) in [5, 5.41) is 3.23. The van der Waals surface area contributed by atoms with Crippen molar-refractivity contribution in [3.8, 4) is 0 Å². The van der Waals surface area contributed by atoms with E-state index in [-0.39, 0.29) is 11.9 Å². The standard InChI is InChI=1S/C14H19BrFNO/c1-17-14(8-10-4-6-18-7-5-10)12-9-11(15)2-3-13(12)16/h2-3,9-10,14,17H,4-8H2,1H3. The Morgan fingerprint density at radius 1 is 1.44 bits per heavy atom. The molecule has 18 heavy (non-hydrogen) atoms. The van der Waals surface area contributed by atoms with E-state index in [0.29, 0.717) is 5.92 Å². The van der Waals surface area contributed by atoms with Crippen LogP contribution < -0.4 is 5.32 Å². The number of ether oxygens (including phenoxy) is 1. The Labute approximate surface area is 116 Å². The summed E-state index contributed by atoms with van der Waals surface area (Å²) in [6, 6.07) is 5.20. The molecule has 0 spiro atoms. The Hall–Kier alpha value is -0.450. The second-order valence-electron chi connectivity index (χ2n) is 4.80. The molecule has 0 radical (unpaired) electrons. The van der Waals surface area contributed by atoms with Gasteiger partial charge in [-0.15, -0.1) is 0 Å². The number of halogens is 2. The highest BCUT2D eigenvalue weighted by atomic mass is 79.9. The Balaban J connectivity index is 2.09. The molecule has 1 aromatic rings. The maximum atomic E-state index is 13.9. The van der Waals surface area contributed by atoms with Crippen molar-refractivity contribution < 1.29 is 9.13 Å². The van der Waals surface area contributed by atoms with Crippen molar-refractivity contribution in [2.75, 3.05) is 20.3 Å². The first-order chi connectivity index (χ1) is 8.70. The van der Waals surface area contributed by atoms with Crippen molar-refractivity contribution in [1.29, 1.82) is 0 Å². The van der Waals surface area contributed by atoms with Gasteiger partial charge in [0, 0.05) is 29.3 Å². The summed E-state index contributed by atoms with van der Waals surface area (Å²) in [5.74, 6) is 0.485. The van der Waals surface area contributed by atoms with Crippen LogP contribution in [0.25, 0.3) is 0 Å². The van der Waals surface area contributed by atoms with Gasteiger partial charge in [-0.25, -0.2) is 4.39 Å². The van der Waals surface area contributed by atoms with Gasteiger partial charge in [-0.3, -0.25) is 0 Å². The maximum absolute atomic E-state index is 13.9. The van der Waals surface area contributed by atoms with Crippen molar-refractivity contribution >= 4 is 15.9 Å². The van der Waals surface area contributed by atoms with Crippen LogP contribution >= 0.6 is 15.9 Å². The van der Waals surface area contributed by atoms with Crippen LogP contribution in [0.4, 0.5) is 4.39 Å². The van der Waals surface area contributed by atoms with Gasteiger partial charge in [0.2, 0.25) is 0 Å². The van der Waals surface area contributed by atoms with Crippen LogP contribution in [0.5, 0.6) is 0 Å². The average Bonchev–Trinajstić information content (AvgIpc) is 2.40. The molecule has 4 heteroatoms. The van der Waals surface area contributed by atoms with Crippen LogP contribution in [-0.2, 0) is 4.74 Å². The number of nitrogens with one attached hydrogen (secondary N) is 1. The van der Waals surface area contributed by atoms with Crippen LogP contribution in [0, 0.1) is 11.7 Å². The van der Waals surface area contributed by atoms with Gasteiger partial charge >= 0.3 is 0 Å². The lowest BCUT2D eigenvalue weighted by atomic mass is 9.89. The lowest BCUT2D eigenvalue weighted by Gasteiger charge is -2.27. The molecule has 0 saturated carbocycles. The quantitative estimate of drug-likeness (QED) is 0.915. The fraction of sp³-hybridized carbons (Fsp3) is 0.571. The maximum Gasteiger partial charge on any atom is 0.128 e. The minimum atomic E-state index is -0.135. The molecular formula is C14H19BrFNO. The molecule has 100 valence electrons. The molecule has 1 N–H and O–H groups in total. The Morgan fingerprint density at radius 2 is 2.17 bits per heavy atom. The van der Waals surface area contributed by atoms with Crippen LogP contribution in [-0.4, -0.2) is 20.3 Å². The van der Waals surface area contributed by atoms with Crippen LogP contribution in [0.3, 0.4) is 0 Å². The van der Waals surface area contributed by atoms with Gasteiger partial charge in [0.25, 0.3) is 0 Å². The first kappa shape index (κ1) is 14.0. The summed E-state index contributed by atoms with van der Waals surface area (Å²) in [4.78, 5) is 0. The monoisotopic (exact) mass is 315 g/mol. The van der Waals surface area contributed by atoms with Gasteiger partial charge in [0.1, 0.15) is 5.82 Å². The third-order valence-corrected chi connectivity index (χ3v) is 4.09. The molecule has 0 amide bonds. The Morgan fingerprint density at radius 3 is 2.83 bits per heavy atom. The number of hydrogen-bond acceptors (Lipinski definition) is 2. The van der Waals surface area contributed by atoms with Crippen LogP contribution in [0.15, 0.2) is 22.7 Å². The molecule has 1 aliphatic rings. The van der Waals surface area contributed by atoms with E-state index in [1.807, 2.05) is 13.1 Å². The molecule has 1 saturated heterocycles. The summed E-state index contributed by atoms with van der Waals surface area (Å²) in [7, 11) is 1.89. The normalized spacial score (nSPS) is 18.8. The predicted molar refractivity (Wildman–Crippen MR) is 74.1 cm³/mol. The van der Waals surface area contributed by atoms with Crippen LogP contribution in [0.1, 0.15) is 30.9 Å². The number of rotatable bonds is 4. The minimum absolute atomic E-state index is 0.0746. The SMILES string of the molecule is CNC(CC1CCOCC1)c1cc(Br)ccc1F. The molecule has 0 aromatic heterocycles. The van der Waals surface area contributed by atoms with E-state index in [0.717, 1.165) is 42.5 Å². The van der Waals surface area contributed by atoms with E-state index in [1.54, 1.807) is 6.07 Å². The Kier molecular flexibility index (Phi) is 5.15. The third kappa shape index (κ3) is 3.53. The second-order valence-corrected chi connectivity index (χ2v) is 5.71. The van der Waals surface area contributed by atoms with Gasteiger partial charge in [-0.1, -0.05) is 15.9 Å². The smallest absolute Gasteiger partial charge is 0.128 e. The van der Waals surface area contributed by atoms with Crippen molar-refractivity contribution in [1.82, 2.24) is 5.32 Å². The summed E-state index contributed by atoms with van der Waals surface area (Å²) in [6.45, 7) is 1.67. The average molecular weight is 316 g/mol. The lowest BCUT2D eigenvalue weighted by molar-refractivity contribution is 0.0607. The molecule has 2 rings (SSSR count). The molecule has 1 fully saturated rings. The largest absolute Gasteiger partial charge is 0.381 e. The van der Waals surface area contributed by atoms with E-state index in [2.05, 4.69) is 21.2 Å². The predicted octanol–water partition coefficient (Wildman–Crippen LogP) is 3.67. The highest BCUT2D eigenvalue weighted by molar-refractivity contribution is 9.10. The fourth-order valence-electron chi connectivity index (χ4n) is 2.50. The lowest BCUT2D eigenvalue weighted by Crippen LogP contribution is -2.24. The van der Waals surface area contributed by atoms with E-state index in [9.17, 15) is 4.39 Å². The highest BCUT2D eigenvalue weighted by Crippen LogP contribution is 2.30. The van der Waals surface area contributed by atoms with E-state index >= 15 is 0 Å². The van der Waals surface area contributed by atoms with Gasteiger partial charge in [0.15, 0.2) is 0 Å². The van der Waals surface area contributed by atoms with E-state index in [4.69, 9.17) is 4.74 Å². The third-order valence-electron chi connectivity index (χ3n) is 3.59. The van der Waals surface area contributed by atoms with Crippen molar-refractivity contribution in [3.63, 3.8) is 0 Å². The van der Waals surface area contributed by atoms with E-state index in [1.165, 1.54) is 6.07 Å². The molecule has 0 aliphatic carbocycles. The fourth-order valence-corrected chi connectivity index (χ4v) is 2.88. The van der Waals surface area contributed by atoms with E-state index < -0.39 is 0 Å². The highest BCUT2D eigenvalue weighted by Gasteiger charge is 2.21. The van der Waals surface area contributed by atoms with Crippen LogP contribution in [0.2, 0.25) is 0 Å². The van der Waals surface area contributed by atoms with Gasteiger partial charge in [-0.05, 0) is 50.4 Å². The molecule has 1 aliphatic heterocycles. The second kappa shape index (κ2) is 6.64. The summed E-state index contributed by atoms with van der Waals surface area (Å²) < 4.78 is 20.2. The summed E-state index contributed by atoms with van der Waals surface area (Å²) in [5.41, 5.74) is 0.748. The zero-order valence-corrected chi connectivity index (χ0v) is 12.2. The molecule has 1 unspecified atom stereocenters. The number of benzene rings is 1. The summed E-state index contributed by atoms with van der Waals surface area (Å²) >= 11 is 3.40. The first-order valence-corrected chi connectivity index (χ1v) is 7.20. The van der Waals surface area contributed by atoms with Crippen molar-refractivity contribution in [2.24, 2.45) is 5.92 Å². The molecule has 2 nitrogen and oxygen atoms in total. The molecule has 1 aromatic carbocycles. The Bertz CT molecular complexity index is 393. The van der Waals surface area contributed by atoms with Gasteiger partial charge < -0.3 is 10.1 Å². The van der Waals surface area contributed by atoms with Crippen molar-refractivity contribution in [3.05, 3.63) is 34.1 Å². The molecule has 1 heterocycles. The van der Waals surface area contributed by atoms with Gasteiger partial charge in [-0.2, -0.15) is 0 Å². The molecule has 1 atom stereocenters. The molecule has 0 bridgehead atoms.